The maximum Gasteiger partial charge on any atom is 0.203 e. The fourth-order valence-electron chi connectivity index (χ4n) is 2.00. The Hall–Kier alpha value is -2.34. The highest BCUT2D eigenvalue weighted by Crippen LogP contribution is 2.42. The highest BCUT2D eigenvalue weighted by atomic mass is 16.5. The number of hydrogen-bond acceptors (Lipinski definition) is 6. The first-order chi connectivity index (χ1) is 9.72. The van der Waals surface area contributed by atoms with E-state index in [0.29, 0.717) is 22.9 Å². The minimum atomic E-state index is -0.460. The van der Waals surface area contributed by atoms with Crippen molar-refractivity contribution in [3.05, 3.63) is 42.0 Å². The molecular formula is C14H17N3O3. The average Bonchev–Trinajstić information content (AvgIpc) is 2.53. The molecule has 1 heterocycles. The fraction of sp³-hybridized carbons (Fsp3) is 0.286. The highest BCUT2D eigenvalue weighted by molar-refractivity contribution is 5.57. The lowest BCUT2D eigenvalue weighted by Gasteiger charge is -2.19. The molecule has 1 aromatic heterocycles. The Kier molecular flexibility index (Phi) is 4.37. The summed E-state index contributed by atoms with van der Waals surface area (Å²) in [5.41, 5.74) is 7.64. The summed E-state index contributed by atoms with van der Waals surface area (Å²) in [5, 5.41) is 0. The van der Waals surface area contributed by atoms with Crippen LogP contribution in [-0.2, 0) is 0 Å². The Morgan fingerprint density at radius 1 is 1.00 bits per heavy atom. The van der Waals surface area contributed by atoms with E-state index >= 15 is 0 Å². The number of hydrogen-bond donors (Lipinski definition) is 1. The summed E-state index contributed by atoms with van der Waals surface area (Å²) in [7, 11) is 4.68. The van der Waals surface area contributed by atoms with Crippen molar-refractivity contribution < 1.29 is 14.2 Å². The lowest BCUT2D eigenvalue weighted by atomic mass is 10.0. The van der Waals surface area contributed by atoms with Crippen molar-refractivity contribution in [3.63, 3.8) is 0 Å². The van der Waals surface area contributed by atoms with E-state index < -0.39 is 6.04 Å². The highest BCUT2D eigenvalue weighted by Gasteiger charge is 2.21. The standard InChI is InChI=1S/C14H17N3O3/c1-18-11-5-4-9(13(19-2)14(11)20-3)12(15)10-8-16-6-7-17-10/h4-8,12H,15H2,1-3H3. The van der Waals surface area contributed by atoms with E-state index in [2.05, 4.69) is 9.97 Å². The Balaban J connectivity index is 2.51. The summed E-state index contributed by atoms with van der Waals surface area (Å²) in [4.78, 5) is 8.24. The summed E-state index contributed by atoms with van der Waals surface area (Å²) in [6.07, 6.45) is 4.82. The summed E-state index contributed by atoms with van der Waals surface area (Å²) in [5.74, 6) is 1.62. The van der Waals surface area contributed by atoms with Gasteiger partial charge < -0.3 is 19.9 Å². The molecule has 2 rings (SSSR count). The minimum Gasteiger partial charge on any atom is -0.493 e. The second-order valence-corrected chi connectivity index (χ2v) is 4.03. The zero-order chi connectivity index (χ0) is 14.5. The summed E-state index contributed by atoms with van der Waals surface area (Å²) in [6.45, 7) is 0. The fourth-order valence-corrected chi connectivity index (χ4v) is 2.00. The van der Waals surface area contributed by atoms with Gasteiger partial charge in [-0.15, -0.1) is 0 Å². The Morgan fingerprint density at radius 2 is 1.75 bits per heavy atom. The van der Waals surface area contributed by atoms with Crippen LogP contribution < -0.4 is 19.9 Å². The number of nitrogens with two attached hydrogens (primary N) is 1. The van der Waals surface area contributed by atoms with Gasteiger partial charge in [0.25, 0.3) is 0 Å². The topological polar surface area (TPSA) is 79.5 Å². The van der Waals surface area contributed by atoms with Gasteiger partial charge in [-0.05, 0) is 12.1 Å². The van der Waals surface area contributed by atoms with Gasteiger partial charge in [0, 0.05) is 18.0 Å². The molecule has 0 spiro atoms. The predicted octanol–water partition coefficient (Wildman–Crippen LogP) is 1.55. The van der Waals surface area contributed by atoms with Crippen molar-refractivity contribution >= 4 is 0 Å². The first kappa shape index (κ1) is 14.1. The Morgan fingerprint density at radius 3 is 2.30 bits per heavy atom. The van der Waals surface area contributed by atoms with Crippen LogP contribution in [0.5, 0.6) is 17.2 Å². The van der Waals surface area contributed by atoms with E-state index in [0.717, 1.165) is 5.56 Å². The second-order valence-electron chi connectivity index (χ2n) is 4.03. The van der Waals surface area contributed by atoms with Gasteiger partial charge in [-0.2, -0.15) is 0 Å². The molecule has 0 fully saturated rings. The summed E-state index contributed by atoms with van der Waals surface area (Å²) in [6, 6.07) is 3.16. The third-order valence-electron chi connectivity index (χ3n) is 2.97. The van der Waals surface area contributed by atoms with Gasteiger partial charge in [-0.1, -0.05) is 0 Å². The van der Waals surface area contributed by atoms with Crippen molar-refractivity contribution in [3.8, 4) is 17.2 Å². The van der Waals surface area contributed by atoms with E-state index in [1.807, 2.05) is 6.07 Å². The molecule has 0 bridgehead atoms. The molecule has 20 heavy (non-hydrogen) atoms. The van der Waals surface area contributed by atoms with Crippen LogP contribution >= 0.6 is 0 Å². The number of aromatic nitrogens is 2. The predicted molar refractivity (Wildman–Crippen MR) is 74.2 cm³/mol. The van der Waals surface area contributed by atoms with Crippen molar-refractivity contribution in [2.75, 3.05) is 21.3 Å². The van der Waals surface area contributed by atoms with Gasteiger partial charge in [0.05, 0.1) is 39.3 Å². The largest absolute Gasteiger partial charge is 0.493 e. The van der Waals surface area contributed by atoms with E-state index in [-0.39, 0.29) is 0 Å². The molecule has 0 radical (unpaired) electrons. The third kappa shape index (κ3) is 2.50. The van der Waals surface area contributed by atoms with Crippen LogP contribution in [-0.4, -0.2) is 31.3 Å². The quantitative estimate of drug-likeness (QED) is 0.891. The van der Waals surface area contributed by atoms with E-state index in [1.54, 1.807) is 46.0 Å². The van der Waals surface area contributed by atoms with E-state index in [9.17, 15) is 0 Å². The smallest absolute Gasteiger partial charge is 0.203 e. The molecule has 6 nitrogen and oxygen atoms in total. The minimum absolute atomic E-state index is 0.460. The molecule has 2 N–H and O–H groups in total. The van der Waals surface area contributed by atoms with Crippen LogP contribution in [0.1, 0.15) is 17.3 Å². The maximum absolute atomic E-state index is 6.23. The molecule has 106 valence electrons. The lowest BCUT2D eigenvalue weighted by Crippen LogP contribution is -2.15. The van der Waals surface area contributed by atoms with Crippen molar-refractivity contribution in [2.24, 2.45) is 5.73 Å². The van der Waals surface area contributed by atoms with Gasteiger partial charge >= 0.3 is 0 Å². The summed E-state index contributed by atoms with van der Waals surface area (Å²) < 4.78 is 16.0. The van der Waals surface area contributed by atoms with Gasteiger partial charge in [-0.3, -0.25) is 9.97 Å². The first-order valence-electron chi connectivity index (χ1n) is 6.03. The molecule has 0 saturated heterocycles. The van der Waals surface area contributed by atoms with Gasteiger partial charge in [-0.25, -0.2) is 0 Å². The van der Waals surface area contributed by atoms with Gasteiger partial charge in [0.1, 0.15) is 0 Å². The molecule has 1 aromatic carbocycles. The molecular weight excluding hydrogens is 258 g/mol. The van der Waals surface area contributed by atoms with E-state index in [4.69, 9.17) is 19.9 Å². The molecule has 0 aliphatic carbocycles. The van der Waals surface area contributed by atoms with Crippen LogP contribution in [0.15, 0.2) is 30.7 Å². The van der Waals surface area contributed by atoms with Crippen LogP contribution in [0.3, 0.4) is 0 Å². The Labute approximate surface area is 117 Å². The molecule has 0 aliphatic rings. The normalized spacial score (nSPS) is 11.8. The molecule has 1 atom stereocenters. The molecule has 6 heteroatoms. The average molecular weight is 275 g/mol. The summed E-state index contributed by atoms with van der Waals surface area (Å²) >= 11 is 0. The van der Waals surface area contributed by atoms with Crippen LogP contribution in [0.4, 0.5) is 0 Å². The third-order valence-corrected chi connectivity index (χ3v) is 2.97. The molecule has 1 unspecified atom stereocenters. The van der Waals surface area contributed by atoms with Gasteiger partial charge in [0.15, 0.2) is 11.5 Å². The van der Waals surface area contributed by atoms with E-state index in [1.165, 1.54) is 0 Å². The SMILES string of the molecule is COc1ccc(C(N)c2cnccn2)c(OC)c1OC. The first-order valence-corrected chi connectivity index (χ1v) is 6.03. The van der Waals surface area contributed by atoms with Crippen molar-refractivity contribution in [2.45, 2.75) is 6.04 Å². The number of methoxy groups -OCH3 is 3. The Bertz CT molecular complexity index is 575. The van der Waals surface area contributed by atoms with Gasteiger partial charge in [0.2, 0.25) is 5.75 Å². The molecule has 0 saturated carbocycles. The zero-order valence-electron chi connectivity index (χ0n) is 11.7. The van der Waals surface area contributed by atoms with Crippen molar-refractivity contribution in [1.29, 1.82) is 0 Å². The molecule has 2 aromatic rings. The number of rotatable bonds is 5. The lowest BCUT2D eigenvalue weighted by molar-refractivity contribution is 0.321. The maximum atomic E-state index is 6.23. The molecule has 0 aliphatic heterocycles. The van der Waals surface area contributed by atoms with Crippen LogP contribution in [0.25, 0.3) is 0 Å². The molecule has 0 amide bonds. The zero-order valence-corrected chi connectivity index (χ0v) is 11.7. The number of nitrogens with zero attached hydrogens (tertiary/aromatic N) is 2. The van der Waals surface area contributed by atoms with Crippen molar-refractivity contribution in [1.82, 2.24) is 9.97 Å². The number of benzene rings is 1. The monoisotopic (exact) mass is 275 g/mol. The van der Waals surface area contributed by atoms with Crippen LogP contribution in [0, 0.1) is 0 Å². The number of ether oxygens (including phenoxy) is 3. The second kappa shape index (κ2) is 6.21. The van der Waals surface area contributed by atoms with Crippen LogP contribution in [0.2, 0.25) is 0 Å².